The molecule has 0 aliphatic carbocycles. The van der Waals surface area contributed by atoms with Crippen molar-refractivity contribution in [1.29, 1.82) is 0 Å². The first kappa shape index (κ1) is 73.3. The molecule has 0 saturated carbocycles. The molecule has 0 unspecified atom stereocenters. The maximum Gasteiger partial charge on any atom is 0.0547 e. The molecule has 600 valence electrons. The minimum atomic E-state index is 1.16. The van der Waals surface area contributed by atoms with Crippen molar-refractivity contribution in [2.45, 2.75) is 0 Å². The molecule has 0 bridgehead atoms. The van der Waals surface area contributed by atoms with E-state index in [-0.39, 0.29) is 0 Å². The van der Waals surface area contributed by atoms with E-state index in [0.717, 1.165) is 11.4 Å². The largest absolute Gasteiger partial charge is 0.309 e. The summed E-state index contributed by atoms with van der Waals surface area (Å²) in [6.45, 7) is 0. The predicted octanol–water partition coefficient (Wildman–Crippen LogP) is 35.7. The average molecular weight is 1640 g/mol. The molecule has 2 aromatic heterocycles. The van der Waals surface area contributed by atoms with Crippen LogP contribution in [0.5, 0.6) is 0 Å². The monoisotopic (exact) mass is 1640 g/mol. The van der Waals surface area contributed by atoms with E-state index >= 15 is 0 Å². The van der Waals surface area contributed by atoms with Gasteiger partial charge >= 0.3 is 0 Å². The van der Waals surface area contributed by atoms with Crippen LogP contribution in [0.4, 0.5) is 0 Å². The summed E-state index contributed by atoms with van der Waals surface area (Å²) in [4.78, 5) is 0. The third-order valence-corrected chi connectivity index (χ3v) is 28.1. The molecule has 0 atom stereocenters. The molecule has 0 amide bonds. The van der Waals surface area contributed by atoms with Crippen LogP contribution in [0.25, 0.3) is 273 Å². The van der Waals surface area contributed by atoms with Crippen LogP contribution in [-0.2, 0) is 0 Å². The van der Waals surface area contributed by atoms with Crippen LogP contribution in [0.3, 0.4) is 0 Å². The van der Waals surface area contributed by atoms with Crippen LogP contribution in [0.15, 0.2) is 473 Å². The van der Waals surface area contributed by atoms with E-state index in [1.54, 1.807) is 0 Å². The second-order valence-corrected chi connectivity index (χ2v) is 35.2. The summed E-state index contributed by atoms with van der Waals surface area (Å²) < 4.78 is 4.94. The highest BCUT2D eigenvalue weighted by molar-refractivity contribution is 6.31. The van der Waals surface area contributed by atoms with E-state index < -0.39 is 0 Å². The Morgan fingerprint density at radius 3 is 0.815 bits per heavy atom. The molecule has 130 heavy (non-hydrogen) atoms. The Morgan fingerprint density at radius 1 is 0.115 bits per heavy atom. The van der Waals surface area contributed by atoms with Crippen molar-refractivity contribution in [3.8, 4) is 78.1 Å². The van der Waals surface area contributed by atoms with Gasteiger partial charge in [-0.1, -0.05) is 370 Å². The van der Waals surface area contributed by atoms with Gasteiger partial charge in [0.1, 0.15) is 0 Å². The predicted molar refractivity (Wildman–Crippen MR) is 559 cm³/mol. The first-order valence-electron chi connectivity index (χ1n) is 45.1. The Labute approximate surface area is 749 Å². The van der Waals surface area contributed by atoms with E-state index in [2.05, 4.69) is 482 Å². The molecule has 0 radical (unpaired) electrons. The lowest BCUT2D eigenvalue weighted by molar-refractivity contribution is 1.19. The quantitative estimate of drug-likeness (QED) is 0.134. The van der Waals surface area contributed by atoms with Crippen LogP contribution >= 0.6 is 0 Å². The number of fused-ring (bicyclic) bond motifs is 24. The van der Waals surface area contributed by atoms with Crippen molar-refractivity contribution in [2.75, 3.05) is 0 Å². The Hall–Kier alpha value is -17.0. The number of rotatable bonds is 8. The van der Waals surface area contributed by atoms with E-state index in [0.29, 0.717) is 0 Å². The number of aromatic nitrogens is 2. The second-order valence-electron chi connectivity index (χ2n) is 35.2. The third kappa shape index (κ3) is 11.6. The highest BCUT2D eigenvalue weighted by atomic mass is 15.0. The van der Waals surface area contributed by atoms with Gasteiger partial charge < -0.3 is 9.13 Å². The van der Waals surface area contributed by atoms with Crippen molar-refractivity contribution >= 4 is 194 Å². The van der Waals surface area contributed by atoms with Crippen LogP contribution in [0.2, 0.25) is 0 Å². The maximum absolute atomic E-state index is 2.47. The van der Waals surface area contributed by atoms with Gasteiger partial charge in [0, 0.05) is 32.9 Å². The zero-order valence-corrected chi connectivity index (χ0v) is 70.9. The number of hydrogen-bond acceptors (Lipinski definition) is 0. The van der Waals surface area contributed by atoms with Gasteiger partial charge in [0.05, 0.1) is 22.1 Å². The van der Waals surface area contributed by atoms with Gasteiger partial charge in [0.15, 0.2) is 0 Å². The lowest BCUT2D eigenvalue weighted by Crippen LogP contribution is -1.94. The number of hydrogen-bond donors (Lipinski definition) is 0. The molecule has 0 aliphatic heterocycles. The number of nitrogens with zero attached hydrogens (tertiary/aromatic N) is 2. The summed E-state index contributed by atoms with van der Waals surface area (Å²) in [7, 11) is 0. The highest BCUT2D eigenvalue weighted by Crippen LogP contribution is 2.51. The smallest absolute Gasteiger partial charge is 0.0547 e. The molecule has 28 aromatic rings. The molecule has 0 aliphatic rings. The van der Waals surface area contributed by atoms with E-state index in [9.17, 15) is 0 Å². The van der Waals surface area contributed by atoms with Crippen LogP contribution in [0, 0.1) is 0 Å². The first-order valence-corrected chi connectivity index (χ1v) is 45.1. The molecule has 28 rings (SSSR count). The SMILES string of the molecule is c1ccc(-c2c3ccccc3c(-c3ccc4cc(-n5c6ccc7ccccc7c6c6c7ccccc7ccc65)ccc4c3)c3ccc(-c4ccc5cc6ccccc6cc5c4)cc23)cc1.c1ccc(-c2c3ccccc3c(-c3ccc4cc(-n5c6ccc7ccccc7c6c6c7ccccc7ccc65)ccc4c3)c3ccc(-c4cccc5cc6ccccc6cc45)cc23)cc1. The van der Waals surface area contributed by atoms with Gasteiger partial charge in [-0.05, 0) is 321 Å². The molecular weight excluding hydrogens is 1570 g/mol. The molecule has 26 aromatic carbocycles. The van der Waals surface area contributed by atoms with Crippen molar-refractivity contribution in [2.24, 2.45) is 0 Å². The molecule has 0 spiro atoms. The molecule has 2 heterocycles. The molecule has 0 N–H and O–H groups in total. The van der Waals surface area contributed by atoms with E-state index in [1.807, 2.05) is 0 Å². The van der Waals surface area contributed by atoms with Crippen LogP contribution in [0.1, 0.15) is 0 Å². The van der Waals surface area contributed by atoms with E-state index in [4.69, 9.17) is 0 Å². The lowest BCUT2D eigenvalue weighted by Gasteiger charge is -2.19. The maximum atomic E-state index is 2.47. The third-order valence-electron chi connectivity index (χ3n) is 28.1. The molecular formula is C128H78N2. The van der Waals surface area contributed by atoms with Gasteiger partial charge in [0.2, 0.25) is 0 Å². The minimum Gasteiger partial charge on any atom is -0.309 e. The highest BCUT2D eigenvalue weighted by Gasteiger charge is 2.25. The zero-order chi connectivity index (χ0) is 85.2. The van der Waals surface area contributed by atoms with E-state index in [1.165, 1.54) is 261 Å². The normalized spacial score (nSPS) is 12.0. The van der Waals surface area contributed by atoms with Gasteiger partial charge in [-0.2, -0.15) is 0 Å². The Balaban J connectivity index is 0.000000134. The second kappa shape index (κ2) is 29.3. The zero-order valence-electron chi connectivity index (χ0n) is 70.9. The van der Waals surface area contributed by atoms with Gasteiger partial charge in [-0.3, -0.25) is 0 Å². The minimum absolute atomic E-state index is 1.16. The fourth-order valence-electron chi connectivity index (χ4n) is 22.2. The lowest BCUT2D eigenvalue weighted by atomic mass is 9.84. The summed E-state index contributed by atoms with van der Waals surface area (Å²) in [5.41, 5.74) is 22.0. The Kier molecular flexibility index (Phi) is 16.5. The Bertz CT molecular complexity index is 9490. The summed E-state index contributed by atoms with van der Waals surface area (Å²) in [6.07, 6.45) is 0. The molecule has 2 heteroatoms. The summed E-state index contributed by atoms with van der Waals surface area (Å²) in [5, 5.41) is 40.3. The summed E-state index contributed by atoms with van der Waals surface area (Å²) >= 11 is 0. The van der Waals surface area contributed by atoms with Crippen molar-refractivity contribution in [3.63, 3.8) is 0 Å². The molecule has 0 saturated heterocycles. The van der Waals surface area contributed by atoms with Gasteiger partial charge in [0.25, 0.3) is 0 Å². The van der Waals surface area contributed by atoms with Crippen LogP contribution < -0.4 is 0 Å². The van der Waals surface area contributed by atoms with Crippen molar-refractivity contribution in [3.05, 3.63) is 473 Å². The Morgan fingerprint density at radius 2 is 0.385 bits per heavy atom. The fraction of sp³-hybridized carbons (Fsp3) is 0. The summed E-state index contributed by atoms with van der Waals surface area (Å²) in [5.74, 6) is 0. The van der Waals surface area contributed by atoms with Gasteiger partial charge in [-0.25, -0.2) is 0 Å². The van der Waals surface area contributed by atoms with Crippen molar-refractivity contribution in [1.82, 2.24) is 9.13 Å². The first-order chi connectivity index (χ1) is 64.4. The fourth-order valence-corrected chi connectivity index (χ4v) is 22.2. The number of benzene rings is 26. The molecule has 0 fully saturated rings. The summed E-state index contributed by atoms with van der Waals surface area (Å²) in [6, 6.07) is 176. The van der Waals surface area contributed by atoms with Crippen molar-refractivity contribution < 1.29 is 0 Å². The topological polar surface area (TPSA) is 9.86 Å². The standard InChI is InChI=1S/2C64H39N/c1-2-15-42(16-3-1)61-54-22-10-11-23-55(54)62(56-32-28-48(39-58(56)61)51-24-12-19-47-35-43-17-4-5-18-44(43)38-57(47)51)49-26-25-46-37-50(31-27-45(46)36-49)65-59-33-29-40-13-6-8-20-52(40)63(59)64-53-21-9-7-14-41(53)30-34-60(64)65;1-2-14-42(15-3-1)61-55-20-10-11-21-56(55)62(57-31-27-49(39-58(57)61)45-22-23-47-34-43-16-4-5-17-44(43)36-51(47)37-45)50-25-24-48-38-52(30-26-46(48)35-50)65-59-32-28-40-12-6-8-18-53(40)63(59)64-54-19-9-7-13-41(54)29-33-60(64)65/h2*1-39H. The van der Waals surface area contributed by atoms with Crippen LogP contribution in [-0.4, -0.2) is 9.13 Å². The average Bonchev–Trinajstić information content (AvgIpc) is 1.48. The molecule has 2 nitrogen and oxygen atoms in total. The van der Waals surface area contributed by atoms with Gasteiger partial charge in [-0.15, -0.1) is 0 Å².